The van der Waals surface area contributed by atoms with E-state index in [2.05, 4.69) is 10.3 Å². The summed E-state index contributed by atoms with van der Waals surface area (Å²) in [6.07, 6.45) is 1.51. The Kier molecular flexibility index (Phi) is 3.82. The molecule has 0 saturated carbocycles. The van der Waals surface area contributed by atoms with Crippen molar-refractivity contribution in [2.24, 2.45) is 0 Å². The van der Waals surface area contributed by atoms with Crippen LogP contribution >= 0.6 is 0 Å². The number of amides is 1. The largest absolute Gasteiger partial charge is 0.495 e. The highest BCUT2D eigenvalue weighted by atomic mass is 16.5. The Balaban J connectivity index is 2.29. The lowest BCUT2D eigenvalue weighted by molar-refractivity contribution is 0.102. The van der Waals surface area contributed by atoms with E-state index in [9.17, 15) is 4.79 Å². The minimum absolute atomic E-state index is 0.151. The number of hydrogen-bond donors (Lipinski definition) is 2. The number of nitrogens with zero attached hydrogens (tertiary/aromatic N) is 2. The molecule has 1 aromatic heterocycles. The fourth-order valence-electron chi connectivity index (χ4n) is 1.66. The van der Waals surface area contributed by atoms with Crippen LogP contribution in [-0.4, -0.2) is 18.0 Å². The maximum Gasteiger partial charge on any atom is 0.259 e. The zero-order valence-corrected chi connectivity index (χ0v) is 10.8. The lowest BCUT2D eigenvalue weighted by Crippen LogP contribution is -2.15. The average Bonchev–Trinajstić information content (AvgIpc) is 2.48. The molecule has 1 amide bonds. The zero-order valence-electron chi connectivity index (χ0n) is 10.8. The van der Waals surface area contributed by atoms with E-state index < -0.39 is 5.91 Å². The average molecular weight is 268 g/mol. The van der Waals surface area contributed by atoms with Gasteiger partial charge in [0.2, 0.25) is 0 Å². The Morgan fingerprint density at radius 2 is 2.25 bits per heavy atom. The van der Waals surface area contributed by atoms with Gasteiger partial charge < -0.3 is 15.8 Å². The lowest BCUT2D eigenvalue weighted by atomic mass is 10.2. The maximum atomic E-state index is 12.1. The van der Waals surface area contributed by atoms with Gasteiger partial charge >= 0.3 is 0 Å². The molecule has 1 heterocycles. The van der Waals surface area contributed by atoms with Crippen LogP contribution < -0.4 is 15.8 Å². The predicted octanol–water partition coefficient (Wildman–Crippen LogP) is 1.80. The smallest absolute Gasteiger partial charge is 0.259 e. The molecular weight excluding hydrogens is 256 g/mol. The van der Waals surface area contributed by atoms with Gasteiger partial charge in [-0.2, -0.15) is 5.26 Å². The second kappa shape index (κ2) is 5.71. The summed E-state index contributed by atoms with van der Waals surface area (Å²) in [4.78, 5) is 16.0. The van der Waals surface area contributed by atoms with E-state index in [1.807, 2.05) is 6.07 Å². The molecule has 100 valence electrons. The van der Waals surface area contributed by atoms with Gasteiger partial charge in [0.1, 0.15) is 11.6 Å². The van der Waals surface area contributed by atoms with Crippen LogP contribution in [0.2, 0.25) is 0 Å². The Morgan fingerprint density at radius 1 is 1.45 bits per heavy atom. The molecule has 0 fully saturated rings. The first-order valence-electron chi connectivity index (χ1n) is 5.75. The first kappa shape index (κ1) is 13.4. The number of nitrogen functional groups attached to an aromatic ring is 1. The number of nitrogens with one attached hydrogen (secondary N) is 1. The highest BCUT2D eigenvalue weighted by Gasteiger charge is 2.13. The second-order valence-corrected chi connectivity index (χ2v) is 3.92. The van der Waals surface area contributed by atoms with Gasteiger partial charge in [0, 0.05) is 12.3 Å². The third kappa shape index (κ3) is 2.67. The molecule has 0 saturated heterocycles. The van der Waals surface area contributed by atoms with Crippen molar-refractivity contribution < 1.29 is 9.53 Å². The number of benzene rings is 1. The van der Waals surface area contributed by atoms with E-state index in [0.29, 0.717) is 17.0 Å². The van der Waals surface area contributed by atoms with Crippen LogP contribution in [0.4, 0.5) is 11.5 Å². The summed E-state index contributed by atoms with van der Waals surface area (Å²) < 4.78 is 5.14. The molecule has 0 atom stereocenters. The highest BCUT2D eigenvalue weighted by Crippen LogP contribution is 2.26. The molecule has 0 spiro atoms. The zero-order chi connectivity index (χ0) is 14.5. The van der Waals surface area contributed by atoms with Crippen LogP contribution in [0.1, 0.15) is 15.9 Å². The number of carbonyl (C=O) groups excluding carboxylic acids is 1. The summed E-state index contributed by atoms with van der Waals surface area (Å²) in [7, 11) is 1.46. The summed E-state index contributed by atoms with van der Waals surface area (Å²) >= 11 is 0. The standard InChI is InChI=1S/C14H12N4O2/c1-20-12-7-9(8-15)4-5-11(12)18-14(19)10-3-2-6-17-13(10)16/h2-7H,1H3,(H2,16,17)(H,18,19). The van der Waals surface area contributed by atoms with Gasteiger partial charge in [0.05, 0.1) is 30.0 Å². The lowest BCUT2D eigenvalue weighted by Gasteiger charge is -2.11. The van der Waals surface area contributed by atoms with Crippen molar-refractivity contribution in [3.8, 4) is 11.8 Å². The Hall–Kier alpha value is -3.07. The van der Waals surface area contributed by atoms with E-state index in [0.717, 1.165) is 0 Å². The minimum atomic E-state index is -0.390. The van der Waals surface area contributed by atoms with Crippen molar-refractivity contribution in [3.05, 3.63) is 47.7 Å². The fraction of sp³-hybridized carbons (Fsp3) is 0.0714. The molecular formula is C14H12N4O2. The molecule has 1 aromatic carbocycles. The summed E-state index contributed by atoms with van der Waals surface area (Å²) in [6, 6.07) is 9.93. The molecule has 0 radical (unpaired) electrons. The summed E-state index contributed by atoms with van der Waals surface area (Å²) in [5, 5.41) is 11.5. The number of ether oxygens (including phenoxy) is 1. The molecule has 0 aliphatic heterocycles. The molecule has 20 heavy (non-hydrogen) atoms. The van der Waals surface area contributed by atoms with E-state index in [1.165, 1.54) is 13.3 Å². The summed E-state index contributed by atoms with van der Waals surface area (Å²) in [5.74, 6) is 0.163. The predicted molar refractivity (Wildman–Crippen MR) is 74.3 cm³/mol. The van der Waals surface area contributed by atoms with Crippen LogP contribution in [0.25, 0.3) is 0 Å². The van der Waals surface area contributed by atoms with Gasteiger partial charge in [0.25, 0.3) is 5.91 Å². The summed E-state index contributed by atoms with van der Waals surface area (Å²) in [6.45, 7) is 0. The van der Waals surface area contributed by atoms with Crippen molar-refractivity contribution >= 4 is 17.4 Å². The third-order valence-electron chi connectivity index (χ3n) is 2.66. The molecule has 0 unspecified atom stereocenters. The van der Waals surface area contributed by atoms with E-state index in [-0.39, 0.29) is 11.4 Å². The van der Waals surface area contributed by atoms with Crippen molar-refractivity contribution in [1.29, 1.82) is 5.26 Å². The van der Waals surface area contributed by atoms with Crippen LogP contribution in [0.3, 0.4) is 0 Å². The van der Waals surface area contributed by atoms with Gasteiger partial charge in [-0.15, -0.1) is 0 Å². The Morgan fingerprint density at radius 3 is 2.90 bits per heavy atom. The minimum Gasteiger partial charge on any atom is -0.495 e. The van der Waals surface area contributed by atoms with E-state index in [4.69, 9.17) is 15.7 Å². The number of methoxy groups -OCH3 is 1. The molecule has 6 nitrogen and oxygen atoms in total. The summed E-state index contributed by atoms with van der Waals surface area (Å²) in [5.41, 5.74) is 6.83. The molecule has 2 aromatic rings. The number of hydrogen-bond acceptors (Lipinski definition) is 5. The number of nitriles is 1. The third-order valence-corrected chi connectivity index (χ3v) is 2.66. The normalized spacial score (nSPS) is 9.60. The fourth-order valence-corrected chi connectivity index (χ4v) is 1.66. The topological polar surface area (TPSA) is 101 Å². The van der Waals surface area contributed by atoms with Crippen LogP contribution in [0.15, 0.2) is 36.5 Å². The van der Waals surface area contributed by atoms with Gasteiger partial charge in [-0.3, -0.25) is 4.79 Å². The Bertz CT molecular complexity index is 692. The van der Waals surface area contributed by atoms with Crippen LogP contribution in [-0.2, 0) is 0 Å². The van der Waals surface area contributed by atoms with Gasteiger partial charge in [-0.25, -0.2) is 4.98 Å². The van der Waals surface area contributed by atoms with Crippen molar-refractivity contribution in [3.63, 3.8) is 0 Å². The quantitative estimate of drug-likeness (QED) is 0.883. The second-order valence-electron chi connectivity index (χ2n) is 3.92. The number of anilines is 2. The molecule has 6 heteroatoms. The van der Waals surface area contributed by atoms with Crippen LogP contribution in [0.5, 0.6) is 5.75 Å². The van der Waals surface area contributed by atoms with Crippen molar-refractivity contribution in [1.82, 2.24) is 4.98 Å². The van der Waals surface area contributed by atoms with Gasteiger partial charge in [-0.05, 0) is 24.3 Å². The van der Waals surface area contributed by atoms with E-state index >= 15 is 0 Å². The van der Waals surface area contributed by atoms with Crippen molar-refractivity contribution in [2.75, 3.05) is 18.2 Å². The van der Waals surface area contributed by atoms with Gasteiger partial charge in [-0.1, -0.05) is 0 Å². The monoisotopic (exact) mass is 268 g/mol. The SMILES string of the molecule is COc1cc(C#N)ccc1NC(=O)c1cccnc1N. The number of pyridine rings is 1. The highest BCUT2D eigenvalue weighted by molar-refractivity contribution is 6.07. The molecule has 0 aliphatic rings. The van der Waals surface area contributed by atoms with Gasteiger partial charge in [0.15, 0.2) is 0 Å². The Labute approximate surface area is 115 Å². The molecule has 2 rings (SSSR count). The number of carbonyl (C=O) groups is 1. The molecule has 0 bridgehead atoms. The first-order chi connectivity index (χ1) is 9.65. The van der Waals surface area contributed by atoms with Crippen LogP contribution in [0, 0.1) is 11.3 Å². The number of nitrogens with two attached hydrogens (primary N) is 1. The maximum absolute atomic E-state index is 12.1. The first-order valence-corrected chi connectivity index (χ1v) is 5.75. The molecule has 0 aliphatic carbocycles. The number of rotatable bonds is 3. The molecule has 3 N–H and O–H groups in total. The number of aromatic nitrogens is 1. The van der Waals surface area contributed by atoms with Crippen molar-refractivity contribution in [2.45, 2.75) is 0 Å². The van der Waals surface area contributed by atoms with E-state index in [1.54, 1.807) is 30.3 Å².